The van der Waals surface area contributed by atoms with Crippen molar-refractivity contribution in [1.29, 1.82) is 0 Å². The summed E-state index contributed by atoms with van der Waals surface area (Å²) in [6.07, 6.45) is 4.74. The lowest BCUT2D eigenvalue weighted by molar-refractivity contribution is 0.243. The average molecular weight is 216 g/mol. The molecule has 0 saturated heterocycles. The van der Waals surface area contributed by atoms with Gasteiger partial charge < -0.3 is 5.32 Å². The molecule has 4 nitrogen and oxygen atoms in total. The first kappa shape index (κ1) is 10.7. The van der Waals surface area contributed by atoms with Crippen molar-refractivity contribution in [3.63, 3.8) is 0 Å². The first-order valence-electron chi connectivity index (χ1n) is 5.46. The van der Waals surface area contributed by atoms with Crippen LogP contribution in [-0.2, 0) is 0 Å². The Morgan fingerprint density at radius 2 is 2.31 bits per heavy atom. The topological polar surface area (TPSA) is 46.9 Å². The number of nitrogens with one attached hydrogen (secondary N) is 1. The van der Waals surface area contributed by atoms with Crippen molar-refractivity contribution >= 4 is 17.1 Å². The maximum absolute atomic E-state index is 11.8. The number of hydrogen-bond donors (Lipinski definition) is 1. The molecular weight excluding hydrogens is 202 g/mol. The number of nitrogens with zero attached hydrogens (tertiary/aromatic N) is 2. The van der Waals surface area contributed by atoms with Crippen LogP contribution in [0, 0.1) is 6.33 Å². The third-order valence-electron chi connectivity index (χ3n) is 2.40. The van der Waals surface area contributed by atoms with Gasteiger partial charge in [0.1, 0.15) is 0 Å². The van der Waals surface area contributed by atoms with E-state index in [0.29, 0.717) is 6.54 Å². The molecule has 1 amide bonds. The van der Waals surface area contributed by atoms with Gasteiger partial charge in [0.2, 0.25) is 0 Å². The van der Waals surface area contributed by atoms with Crippen molar-refractivity contribution < 1.29 is 4.79 Å². The largest absolute Gasteiger partial charge is 0.337 e. The molecule has 0 spiro atoms. The number of amides is 1. The summed E-state index contributed by atoms with van der Waals surface area (Å²) in [6.45, 7) is 2.78. The Morgan fingerprint density at radius 1 is 1.50 bits per heavy atom. The second-order valence-electron chi connectivity index (χ2n) is 3.62. The van der Waals surface area contributed by atoms with E-state index in [1.54, 1.807) is 0 Å². The summed E-state index contributed by atoms with van der Waals surface area (Å²) >= 11 is 0. The Labute approximate surface area is 94.3 Å². The zero-order valence-electron chi connectivity index (χ0n) is 9.23. The van der Waals surface area contributed by atoms with Gasteiger partial charge in [0.25, 0.3) is 0 Å². The van der Waals surface area contributed by atoms with E-state index in [-0.39, 0.29) is 6.03 Å². The van der Waals surface area contributed by atoms with Gasteiger partial charge in [-0.3, -0.25) is 0 Å². The van der Waals surface area contributed by atoms with Crippen molar-refractivity contribution in [3.05, 3.63) is 30.6 Å². The molecule has 0 bridgehead atoms. The monoisotopic (exact) mass is 216 g/mol. The van der Waals surface area contributed by atoms with Gasteiger partial charge in [0.05, 0.1) is 11.0 Å². The van der Waals surface area contributed by atoms with Crippen LogP contribution >= 0.6 is 0 Å². The molecule has 1 radical (unpaired) electrons. The highest BCUT2D eigenvalue weighted by Gasteiger charge is 2.08. The van der Waals surface area contributed by atoms with E-state index in [1.807, 2.05) is 24.3 Å². The Bertz CT molecular complexity index is 490. The minimum atomic E-state index is -0.165. The third kappa shape index (κ3) is 2.05. The predicted octanol–water partition coefficient (Wildman–Crippen LogP) is 2.19. The van der Waals surface area contributed by atoms with E-state index in [2.05, 4.69) is 23.6 Å². The molecule has 0 fully saturated rings. The van der Waals surface area contributed by atoms with Crippen molar-refractivity contribution in [2.24, 2.45) is 0 Å². The lowest BCUT2D eigenvalue weighted by atomic mass is 10.3. The van der Waals surface area contributed by atoms with Crippen LogP contribution in [0.5, 0.6) is 0 Å². The van der Waals surface area contributed by atoms with Crippen LogP contribution in [-0.4, -0.2) is 22.1 Å². The summed E-state index contributed by atoms with van der Waals surface area (Å²) in [4.78, 5) is 15.8. The van der Waals surface area contributed by atoms with Crippen LogP contribution < -0.4 is 5.32 Å². The third-order valence-corrected chi connectivity index (χ3v) is 2.40. The maximum Gasteiger partial charge on any atom is 0.327 e. The number of hydrogen-bond acceptors (Lipinski definition) is 2. The van der Waals surface area contributed by atoms with Gasteiger partial charge in [-0.05, 0) is 18.6 Å². The summed E-state index contributed by atoms with van der Waals surface area (Å²) in [5, 5.41) is 2.83. The van der Waals surface area contributed by atoms with Crippen molar-refractivity contribution in [2.45, 2.75) is 19.8 Å². The van der Waals surface area contributed by atoms with E-state index in [4.69, 9.17) is 0 Å². The number of unbranched alkanes of at least 4 members (excludes halogenated alkanes) is 1. The average Bonchev–Trinajstić information content (AvgIpc) is 2.73. The van der Waals surface area contributed by atoms with Gasteiger partial charge in [-0.1, -0.05) is 25.5 Å². The maximum atomic E-state index is 11.8. The molecule has 0 unspecified atom stereocenters. The Morgan fingerprint density at radius 3 is 3.12 bits per heavy atom. The number of fused-ring (bicyclic) bond motifs is 1. The molecule has 2 rings (SSSR count). The number of imidazole rings is 1. The molecule has 0 atom stereocenters. The van der Waals surface area contributed by atoms with Gasteiger partial charge in [-0.25, -0.2) is 14.3 Å². The normalized spacial score (nSPS) is 10.6. The summed E-state index contributed by atoms with van der Waals surface area (Å²) in [5.41, 5.74) is 1.57. The summed E-state index contributed by atoms with van der Waals surface area (Å²) in [5.74, 6) is 0. The Hall–Kier alpha value is -1.84. The molecule has 0 aliphatic heterocycles. The van der Waals surface area contributed by atoms with Gasteiger partial charge in [0.15, 0.2) is 6.33 Å². The zero-order valence-corrected chi connectivity index (χ0v) is 9.23. The molecule has 1 N–H and O–H groups in total. The molecule has 16 heavy (non-hydrogen) atoms. The second kappa shape index (κ2) is 4.79. The first-order valence-corrected chi connectivity index (χ1v) is 5.46. The molecule has 2 aromatic rings. The molecule has 0 saturated carbocycles. The van der Waals surface area contributed by atoms with Crippen LogP contribution in [0.2, 0.25) is 0 Å². The zero-order chi connectivity index (χ0) is 11.4. The minimum Gasteiger partial charge on any atom is -0.337 e. The van der Waals surface area contributed by atoms with Crippen molar-refractivity contribution in [1.82, 2.24) is 14.9 Å². The van der Waals surface area contributed by atoms with Crippen LogP contribution in [0.4, 0.5) is 4.79 Å². The van der Waals surface area contributed by atoms with Gasteiger partial charge in [0, 0.05) is 6.54 Å². The van der Waals surface area contributed by atoms with Gasteiger partial charge in [-0.2, -0.15) is 0 Å². The predicted molar refractivity (Wildman–Crippen MR) is 62.3 cm³/mol. The van der Waals surface area contributed by atoms with E-state index in [0.717, 1.165) is 23.9 Å². The van der Waals surface area contributed by atoms with Gasteiger partial charge >= 0.3 is 6.03 Å². The molecule has 1 heterocycles. The Balaban J connectivity index is 2.17. The highest BCUT2D eigenvalue weighted by Crippen LogP contribution is 2.10. The van der Waals surface area contributed by atoms with Crippen LogP contribution in [0.15, 0.2) is 24.3 Å². The van der Waals surface area contributed by atoms with E-state index < -0.39 is 0 Å². The SMILES string of the molecule is CCCCNC(=O)n1[c]nc2ccccc21. The van der Waals surface area contributed by atoms with E-state index in [9.17, 15) is 4.79 Å². The smallest absolute Gasteiger partial charge is 0.327 e. The second-order valence-corrected chi connectivity index (χ2v) is 3.62. The number of carbonyl (C=O) groups is 1. The molecule has 0 aliphatic carbocycles. The lowest BCUT2D eigenvalue weighted by Gasteiger charge is -2.04. The number of carbonyl (C=O) groups excluding carboxylic acids is 1. The molecule has 0 aliphatic rings. The lowest BCUT2D eigenvalue weighted by Crippen LogP contribution is -2.28. The van der Waals surface area contributed by atoms with Crippen LogP contribution in [0.3, 0.4) is 0 Å². The molecule has 4 heteroatoms. The van der Waals surface area contributed by atoms with Gasteiger partial charge in [-0.15, -0.1) is 0 Å². The standard InChI is InChI=1S/C12H14N3O/c1-2-3-8-13-12(16)15-9-14-10-6-4-5-7-11(10)15/h4-7H,2-3,8H2,1H3,(H,13,16). The number of benzene rings is 1. The molecule has 1 aromatic carbocycles. The van der Waals surface area contributed by atoms with E-state index in [1.165, 1.54) is 4.57 Å². The molecular formula is C12H14N3O. The number of para-hydroxylation sites is 2. The number of aromatic nitrogens is 2. The summed E-state index contributed by atoms with van der Waals surface area (Å²) < 4.78 is 1.42. The van der Waals surface area contributed by atoms with Crippen LogP contribution in [0.25, 0.3) is 11.0 Å². The van der Waals surface area contributed by atoms with Crippen molar-refractivity contribution in [2.75, 3.05) is 6.54 Å². The highest BCUT2D eigenvalue weighted by atomic mass is 16.2. The number of rotatable bonds is 3. The highest BCUT2D eigenvalue weighted by molar-refractivity contribution is 5.88. The summed E-state index contributed by atoms with van der Waals surface area (Å²) in [7, 11) is 0. The van der Waals surface area contributed by atoms with Crippen molar-refractivity contribution in [3.8, 4) is 0 Å². The fourth-order valence-corrected chi connectivity index (χ4v) is 1.51. The Kier molecular flexibility index (Phi) is 3.19. The molecule has 1 aromatic heterocycles. The minimum absolute atomic E-state index is 0.165. The quantitative estimate of drug-likeness (QED) is 0.799. The fourth-order valence-electron chi connectivity index (χ4n) is 1.51. The summed E-state index contributed by atoms with van der Waals surface area (Å²) in [6, 6.07) is 7.33. The first-order chi connectivity index (χ1) is 7.83. The fraction of sp³-hybridized carbons (Fsp3) is 0.333. The van der Waals surface area contributed by atoms with E-state index >= 15 is 0 Å². The molecule has 83 valence electrons. The van der Waals surface area contributed by atoms with Crippen LogP contribution in [0.1, 0.15) is 19.8 Å².